The van der Waals surface area contributed by atoms with E-state index in [9.17, 15) is 24.0 Å². The first kappa shape index (κ1) is 23.6. The lowest BCUT2D eigenvalue weighted by molar-refractivity contribution is -0.156. The molecule has 3 N–H and O–H groups in total. The van der Waals surface area contributed by atoms with Gasteiger partial charge in [-0.1, -0.05) is 6.07 Å². The average molecular weight is 408 g/mol. The lowest BCUT2D eigenvalue weighted by Gasteiger charge is -2.23. The van der Waals surface area contributed by atoms with Gasteiger partial charge in [0.1, 0.15) is 6.04 Å². The molecule has 10 nitrogen and oxygen atoms in total. The Kier molecular flexibility index (Phi) is 9.30. The quantitative estimate of drug-likeness (QED) is 0.411. The molecule has 0 aliphatic heterocycles. The van der Waals surface area contributed by atoms with Gasteiger partial charge in [0.2, 0.25) is 5.91 Å². The Morgan fingerprint density at radius 1 is 1.03 bits per heavy atom. The van der Waals surface area contributed by atoms with Crippen LogP contribution in [-0.4, -0.2) is 56.1 Å². The first-order valence-corrected chi connectivity index (χ1v) is 8.85. The van der Waals surface area contributed by atoms with Crippen LogP contribution in [0.5, 0.6) is 0 Å². The fourth-order valence-electron chi connectivity index (χ4n) is 2.49. The van der Waals surface area contributed by atoms with E-state index < -0.39 is 48.1 Å². The van der Waals surface area contributed by atoms with Gasteiger partial charge >= 0.3 is 17.9 Å². The first-order valence-electron chi connectivity index (χ1n) is 8.85. The van der Waals surface area contributed by atoms with E-state index in [1.165, 1.54) is 31.4 Å². The van der Waals surface area contributed by atoms with Gasteiger partial charge in [0.25, 0.3) is 5.91 Å². The Morgan fingerprint density at radius 3 is 2.21 bits per heavy atom. The van der Waals surface area contributed by atoms with Crippen LogP contribution in [0.3, 0.4) is 0 Å². The molecule has 1 aromatic carbocycles. The number of methoxy groups -OCH3 is 1. The summed E-state index contributed by atoms with van der Waals surface area (Å²) in [5.74, 6) is -5.48. The van der Waals surface area contributed by atoms with Crippen LogP contribution in [-0.2, 0) is 28.6 Å². The van der Waals surface area contributed by atoms with Crippen LogP contribution in [0, 0.1) is 5.92 Å². The third kappa shape index (κ3) is 6.91. The van der Waals surface area contributed by atoms with Gasteiger partial charge in [0.15, 0.2) is 0 Å². The fourth-order valence-corrected chi connectivity index (χ4v) is 2.49. The molecular formula is C19H24N2O8. The summed E-state index contributed by atoms with van der Waals surface area (Å²) in [5, 5.41) is 2.33. The van der Waals surface area contributed by atoms with Crippen LogP contribution >= 0.6 is 0 Å². The van der Waals surface area contributed by atoms with E-state index in [4.69, 9.17) is 15.2 Å². The molecule has 158 valence electrons. The third-order valence-electron chi connectivity index (χ3n) is 3.82. The van der Waals surface area contributed by atoms with Crippen LogP contribution in [0.25, 0.3) is 0 Å². The molecule has 2 amide bonds. The van der Waals surface area contributed by atoms with Crippen LogP contribution in [0.2, 0.25) is 0 Å². The number of nitrogens with two attached hydrogens (primary N) is 1. The molecule has 0 unspecified atom stereocenters. The van der Waals surface area contributed by atoms with E-state index in [0.717, 1.165) is 0 Å². The number of rotatable bonds is 10. The van der Waals surface area contributed by atoms with E-state index in [0.29, 0.717) is 0 Å². The average Bonchev–Trinajstić information content (AvgIpc) is 2.70. The summed E-state index contributed by atoms with van der Waals surface area (Å²) in [6.07, 6.45) is -0.511. The first-order chi connectivity index (χ1) is 13.7. The maximum Gasteiger partial charge on any atom is 0.337 e. The molecule has 29 heavy (non-hydrogen) atoms. The minimum atomic E-state index is -1.53. The number of benzene rings is 1. The van der Waals surface area contributed by atoms with Gasteiger partial charge in [-0.05, 0) is 32.0 Å². The second-order valence-corrected chi connectivity index (χ2v) is 5.79. The van der Waals surface area contributed by atoms with Crippen molar-refractivity contribution in [3.63, 3.8) is 0 Å². The third-order valence-corrected chi connectivity index (χ3v) is 3.82. The maximum atomic E-state index is 12.6. The Labute approximate surface area is 167 Å². The molecule has 10 heteroatoms. The highest BCUT2D eigenvalue weighted by molar-refractivity contribution is 6.01. The van der Waals surface area contributed by atoms with E-state index in [1.807, 2.05) is 0 Å². The molecule has 0 fully saturated rings. The Hall–Kier alpha value is -3.43. The maximum absolute atomic E-state index is 12.6. The molecule has 0 aliphatic carbocycles. The molecule has 0 saturated heterocycles. The molecule has 0 bridgehead atoms. The lowest BCUT2D eigenvalue weighted by atomic mass is 9.95. The van der Waals surface area contributed by atoms with E-state index in [2.05, 4.69) is 10.1 Å². The van der Waals surface area contributed by atoms with Gasteiger partial charge in [-0.2, -0.15) is 0 Å². The van der Waals surface area contributed by atoms with Crippen LogP contribution in [0.1, 0.15) is 41.0 Å². The molecule has 1 aromatic rings. The van der Waals surface area contributed by atoms with Crippen molar-refractivity contribution in [3.05, 3.63) is 35.4 Å². The molecule has 0 aliphatic rings. The van der Waals surface area contributed by atoms with E-state index in [1.54, 1.807) is 13.8 Å². The summed E-state index contributed by atoms with van der Waals surface area (Å²) in [5.41, 5.74) is 5.50. The van der Waals surface area contributed by atoms with Crippen molar-refractivity contribution in [1.82, 2.24) is 5.32 Å². The second-order valence-electron chi connectivity index (χ2n) is 5.79. The molecule has 2 atom stereocenters. The number of esters is 3. The summed E-state index contributed by atoms with van der Waals surface area (Å²) < 4.78 is 14.3. The number of nitrogens with one attached hydrogen (secondary N) is 1. The van der Waals surface area contributed by atoms with Crippen molar-refractivity contribution in [2.45, 2.75) is 26.3 Å². The van der Waals surface area contributed by atoms with Gasteiger partial charge in [0, 0.05) is 5.56 Å². The zero-order valence-electron chi connectivity index (χ0n) is 16.4. The highest BCUT2D eigenvalue weighted by Gasteiger charge is 2.37. The molecule has 0 radical (unpaired) electrons. The molecule has 1 rings (SSSR count). The molecule has 0 aromatic heterocycles. The van der Waals surface area contributed by atoms with Crippen molar-refractivity contribution >= 4 is 29.7 Å². The van der Waals surface area contributed by atoms with Crippen LogP contribution in [0.15, 0.2) is 24.3 Å². The number of carbonyl (C=O) groups is 5. The SMILES string of the molecule is CCOC(=O)C[C@H](C(=O)OCC)[C@@H](NC(=O)c1cccc(C(=O)OC)c1)C(N)=O. The highest BCUT2D eigenvalue weighted by atomic mass is 16.5. The summed E-state index contributed by atoms with van der Waals surface area (Å²) in [7, 11) is 1.19. The number of amides is 2. The predicted octanol–water partition coefficient (Wildman–Crippen LogP) is 0.189. The van der Waals surface area contributed by atoms with Gasteiger partial charge in [-0.25, -0.2) is 4.79 Å². The van der Waals surface area contributed by atoms with Crippen molar-refractivity contribution < 1.29 is 38.2 Å². The largest absolute Gasteiger partial charge is 0.466 e. The summed E-state index contributed by atoms with van der Waals surface area (Å²) in [6.45, 7) is 3.20. The Bertz CT molecular complexity index is 777. The minimum Gasteiger partial charge on any atom is -0.466 e. The number of ether oxygens (including phenoxy) is 3. The molecule has 0 spiro atoms. The van der Waals surface area contributed by atoms with Gasteiger partial charge in [-0.3, -0.25) is 19.2 Å². The standard InChI is InChI=1S/C19H24N2O8/c1-4-28-14(22)10-13(19(26)29-5-2)15(16(20)23)21-17(24)11-7-6-8-12(9-11)18(25)27-3/h6-9,13,15H,4-5,10H2,1-3H3,(H2,20,23)(H,21,24)/t13-,15+/m0/s1. The summed E-state index contributed by atoms with van der Waals surface area (Å²) in [4.78, 5) is 60.3. The smallest absolute Gasteiger partial charge is 0.337 e. The molecule has 0 saturated carbocycles. The molecular weight excluding hydrogens is 384 g/mol. The highest BCUT2D eigenvalue weighted by Crippen LogP contribution is 2.15. The Morgan fingerprint density at radius 2 is 1.66 bits per heavy atom. The topological polar surface area (TPSA) is 151 Å². The second kappa shape index (κ2) is 11.4. The summed E-state index contributed by atoms with van der Waals surface area (Å²) in [6, 6.07) is 4.00. The van der Waals surface area contributed by atoms with Gasteiger partial charge in [0.05, 0.1) is 38.2 Å². The van der Waals surface area contributed by atoms with Gasteiger partial charge in [-0.15, -0.1) is 0 Å². The van der Waals surface area contributed by atoms with Crippen molar-refractivity contribution in [2.24, 2.45) is 11.7 Å². The zero-order chi connectivity index (χ0) is 22.0. The number of primary amides is 1. The number of hydrogen-bond acceptors (Lipinski definition) is 8. The zero-order valence-corrected chi connectivity index (χ0v) is 16.4. The van der Waals surface area contributed by atoms with Gasteiger partial charge < -0.3 is 25.3 Å². The Balaban J connectivity index is 3.13. The van der Waals surface area contributed by atoms with Crippen LogP contribution < -0.4 is 11.1 Å². The summed E-state index contributed by atoms with van der Waals surface area (Å²) >= 11 is 0. The molecule has 0 heterocycles. The number of hydrogen-bond donors (Lipinski definition) is 2. The fraction of sp³-hybridized carbons (Fsp3) is 0.421. The normalized spacial score (nSPS) is 12.2. The monoisotopic (exact) mass is 408 g/mol. The van der Waals surface area contributed by atoms with Crippen molar-refractivity contribution in [2.75, 3.05) is 20.3 Å². The van der Waals surface area contributed by atoms with E-state index in [-0.39, 0.29) is 24.3 Å². The predicted molar refractivity (Wildman–Crippen MR) is 99.6 cm³/mol. The lowest BCUT2D eigenvalue weighted by Crippen LogP contribution is -2.52. The minimum absolute atomic E-state index is 0.00123. The van der Waals surface area contributed by atoms with Crippen molar-refractivity contribution in [3.8, 4) is 0 Å². The van der Waals surface area contributed by atoms with Crippen molar-refractivity contribution in [1.29, 1.82) is 0 Å². The number of carbonyl (C=O) groups excluding carboxylic acids is 5. The van der Waals surface area contributed by atoms with E-state index >= 15 is 0 Å². The van der Waals surface area contributed by atoms with Crippen LogP contribution in [0.4, 0.5) is 0 Å².